The molecule has 144 valence electrons. The Hall–Kier alpha value is -3.13. The highest BCUT2D eigenvalue weighted by molar-refractivity contribution is 7.10. The number of ether oxygens (including phenoxy) is 1. The predicted molar refractivity (Wildman–Crippen MR) is 110 cm³/mol. The number of para-hydroxylation sites is 2. The summed E-state index contributed by atoms with van der Waals surface area (Å²) >= 11 is 1.61. The van der Waals surface area contributed by atoms with Crippen molar-refractivity contribution in [1.82, 2.24) is 14.8 Å². The van der Waals surface area contributed by atoms with Crippen LogP contribution in [0.15, 0.2) is 53.3 Å². The first kappa shape index (κ1) is 18.2. The fourth-order valence-electron chi connectivity index (χ4n) is 3.33. The normalized spacial score (nSPS) is 15.8. The smallest absolute Gasteiger partial charge is 0.256 e. The number of hydrogen-bond donors (Lipinski definition) is 2. The van der Waals surface area contributed by atoms with Gasteiger partial charge >= 0.3 is 0 Å². The Balaban J connectivity index is 1.74. The Morgan fingerprint density at radius 3 is 2.89 bits per heavy atom. The molecule has 1 aromatic carbocycles. The van der Waals surface area contributed by atoms with Crippen LogP contribution >= 0.6 is 11.3 Å². The third-order valence-electron chi connectivity index (χ3n) is 4.62. The summed E-state index contributed by atoms with van der Waals surface area (Å²) in [6.07, 6.45) is 1.50. The Bertz CT molecular complexity index is 1050. The van der Waals surface area contributed by atoms with Crippen LogP contribution in [-0.4, -0.2) is 27.3 Å². The number of benzene rings is 1. The molecule has 3 heterocycles. The average Bonchev–Trinajstić information content (AvgIpc) is 3.31. The second-order valence-electron chi connectivity index (χ2n) is 6.45. The molecule has 0 aliphatic carbocycles. The van der Waals surface area contributed by atoms with Crippen LogP contribution in [0.3, 0.4) is 0 Å². The van der Waals surface area contributed by atoms with E-state index in [2.05, 4.69) is 20.7 Å². The molecule has 0 spiro atoms. The lowest BCUT2D eigenvalue weighted by Gasteiger charge is -2.28. The van der Waals surface area contributed by atoms with Crippen LogP contribution in [0.4, 0.5) is 11.6 Å². The second kappa shape index (κ2) is 7.47. The van der Waals surface area contributed by atoms with E-state index < -0.39 is 0 Å². The van der Waals surface area contributed by atoms with Gasteiger partial charge in [-0.25, -0.2) is 4.68 Å². The van der Waals surface area contributed by atoms with Crippen molar-refractivity contribution in [2.24, 2.45) is 0 Å². The zero-order chi connectivity index (χ0) is 19.7. The van der Waals surface area contributed by atoms with Crippen molar-refractivity contribution in [3.05, 3.63) is 63.7 Å². The molecule has 1 amide bonds. The van der Waals surface area contributed by atoms with Gasteiger partial charge in [0.2, 0.25) is 5.95 Å². The van der Waals surface area contributed by atoms with Gasteiger partial charge in [0.1, 0.15) is 18.1 Å². The SMILES string of the molecule is CCOc1ccccc1NC(=O)C1=C(C)Nc2ncnn2[C@H]1c1sccc1C. The minimum absolute atomic E-state index is 0.198. The van der Waals surface area contributed by atoms with Crippen molar-refractivity contribution >= 4 is 28.9 Å². The number of thiophene rings is 1. The van der Waals surface area contributed by atoms with E-state index in [-0.39, 0.29) is 11.9 Å². The van der Waals surface area contributed by atoms with Gasteiger partial charge in [-0.3, -0.25) is 4.79 Å². The molecule has 4 rings (SSSR count). The number of nitrogens with one attached hydrogen (secondary N) is 2. The minimum Gasteiger partial charge on any atom is -0.492 e. The molecule has 1 aliphatic heterocycles. The molecule has 3 aromatic rings. The first-order valence-corrected chi connectivity index (χ1v) is 9.92. The number of rotatable bonds is 5. The van der Waals surface area contributed by atoms with Crippen LogP contribution in [-0.2, 0) is 4.79 Å². The molecule has 7 nitrogen and oxygen atoms in total. The third kappa shape index (κ3) is 3.16. The first-order chi connectivity index (χ1) is 13.6. The average molecular weight is 395 g/mol. The van der Waals surface area contributed by atoms with Gasteiger partial charge in [0.25, 0.3) is 5.91 Å². The van der Waals surface area contributed by atoms with E-state index in [1.165, 1.54) is 6.33 Å². The number of carbonyl (C=O) groups is 1. The molecule has 0 bridgehead atoms. The van der Waals surface area contributed by atoms with Crippen LogP contribution in [0.5, 0.6) is 5.75 Å². The zero-order valence-electron chi connectivity index (χ0n) is 15.9. The molecular formula is C20H21N5O2S. The van der Waals surface area contributed by atoms with E-state index in [1.54, 1.807) is 16.0 Å². The highest BCUT2D eigenvalue weighted by Gasteiger charge is 2.35. The highest BCUT2D eigenvalue weighted by Crippen LogP contribution is 2.39. The number of nitrogens with zero attached hydrogens (tertiary/aromatic N) is 3. The van der Waals surface area contributed by atoms with Crippen LogP contribution in [0, 0.1) is 6.92 Å². The van der Waals surface area contributed by atoms with Gasteiger partial charge in [0.05, 0.1) is 17.9 Å². The number of fused-ring (bicyclic) bond motifs is 1. The molecule has 1 atom stereocenters. The lowest BCUT2D eigenvalue weighted by atomic mass is 9.98. The van der Waals surface area contributed by atoms with Gasteiger partial charge in [-0.1, -0.05) is 12.1 Å². The number of amides is 1. The predicted octanol–water partition coefficient (Wildman–Crippen LogP) is 3.97. The molecule has 2 aromatic heterocycles. The Kier molecular flexibility index (Phi) is 4.87. The lowest BCUT2D eigenvalue weighted by Crippen LogP contribution is -2.31. The van der Waals surface area contributed by atoms with Gasteiger partial charge in [-0.05, 0) is 49.9 Å². The molecule has 8 heteroatoms. The summed E-state index contributed by atoms with van der Waals surface area (Å²) in [7, 11) is 0. The van der Waals surface area contributed by atoms with Gasteiger partial charge in [-0.2, -0.15) is 10.1 Å². The summed E-state index contributed by atoms with van der Waals surface area (Å²) in [5.74, 6) is 1.07. The van der Waals surface area contributed by atoms with E-state index in [0.29, 0.717) is 29.6 Å². The first-order valence-electron chi connectivity index (χ1n) is 9.04. The quantitative estimate of drug-likeness (QED) is 0.683. The van der Waals surface area contributed by atoms with E-state index in [4.69, 9.17) is 4.74 Å². The second-order valence-corrected chi connectivity index (χ2v) is 7.39. The number of hydrogen-bond acceptors (Lipinski definition) is 6. The van der Waals surface area contributed by atoms with E-state index in [1.807, 2.05) is 56.5 Å². The number of anilines is 2. The summed E-state index contributed by atoms with van der Waals surface area (Å²) in [5.41, 5.74) is 3.12. The zero-order valence-corrected chi connectivity index (χ0v) is 16.7. The van der Waals surface area contributed by atoms with Crippen LogP contribution in [0.25, 0.3) is 0 Å². The van der Waals surface area contributed by atoms with E-state index >= 15 is 0 Å². The summed E-state index contributed by atoms with van der Waals surface area (Å²) in [6.45, 7) is 6.37. The topological polar surface area (TPSA) is 81.1 Å². The lowest BCUT2D eigenvalue weighted by molar-refractivity contribution is -0.113. The summed E-state index contributed by atoms with van der Waals surface area (Å²) in [5, 5.41) is 12.6. The molecule has 0 unspecified atom stereocenters. The monoisotopic (exact) mass is 395 g/mol. The van der Waals surface area contributed by atoms with Gasteiger partial charge < -0.3 is 15.4 Å². The number of aryl methyl sites for hydroxylation is 1. The third-order valence-corrected chi connectivity index (χ3v) is 5.70. The molecule has 28 heavy (non-hydrogen) atoms. The van der Waals surface area contributed by atoms with E-state index in [9.17, 15) is 4.79 Å². The molecule has 1 aliphatic rings. The standard InChI is InChI=1S/C20H21N5O2S/c1-4-27-15-8-6-5-7-14(15)24-19(26)16-13(3)23-20-21-11-22-25(20)17(16)18-12(2)9-10-28-18/h5-11,17H,4H2,1-3H3,(H,24,26)(H,21,22,23)/t17-/m1/s1. The number of carbonyl (C=O) groups excluding carboxylic acids is 1. The molecule has 0 radical (unpaired) electrons. The maximum atomic E-state index is 13.4. The maximum Gasteiger partial charge on any atom is 0.256 e. The fourth-order valence-corrected chi connectivity index (χ4v) is 4.35. The fraction of sp³-hybridized carbons (Fsp3) is 0.250. The van der Waals surface area contributed by atoms with Crippen molar-refractivity contribution in [1.29, 1.82) is 0 Å². The molecule has 0 saturated carbocycles. The van der Waals surface area contributed by atoms with Crippen molar-refractivity contribution < 1.29 is 9.53 Å². The Morgan fingerprint density at radius 2 is 2.14 bits per heavy atom. The maximum absolute atomic E-state index is 13.4. The summed E-state index contributed by atoms with van der Waals surface area (Å²) < 4.78 is 7.40. The van der Waals surface area contributed by atoms with Crippen molar-refractivity contribution in [3.63, 3.8) is 0 Å². The summed E-state index contributed by atoms with van der Waals surface area (Å²) in [6, 6.07) is 9.14. The van der Waals surface area contributed by atoms with Gasteiger partial charge in [-0.15, -0.1) is 11.3 Å². The van der Waals surface area contributed by atoms with Crippen LogP contribution in [0.1, 0.15) is 30.3 Å². The Morgan fingerprint density at radius 1 is 1.32 bits per heavy atom. The number of aromatic nitrogens is 3. The van der Waals surface area contributed by atoms with Crippen molar-refractivity contribution in [3.8, 4) is 5.75 Å². The largest absolute Gasteiger partial charge is 0.492 e. The van der Waals surface area contributed by atoms with Crippen molar-refractivity contribution in [2.45, 2.75) is 26.8 Å². The van der Waals surface area contributed by atoms with E-state index in [0.717, 1.165) is 16.1 Å². The van der Waals surface area contributed by atoms with Crippen molar-refractivity contribution in [2.75, 3.05) is 17.2 Å². The van der Waals surface area contributed by atoms with Gasteiger partial charge in [0, 0.05) is 10.6 Å². The molecule has 0 saturated heterocycles. The molecular weight excluding hydrogens is 374 g/mol. The highest BCUT2D eigenvalue weighted by atomic mass is 32.1. The minimum atomic E-state index is -0.335. The number of allylic oxidation sites excluding steroid dienone is 1. The Labute approximate surface area is 167 Å². The van der Waals surface area contributed by atoms with Crippen LogP contribution < -0.4 is 15.4 Å². The van der Waals surface area contributed by atoms with Crippen LogP contribution in [0.2, 0.25) is 0 Å². The molecule has 2 N–H and O–H groups in total. The summed E-state index contributed by atoms with van der Waals surface area (Å²) in [4.78, 5) is 18.7. The van der Waals surface area contributed by atoms with Gasteiger partial charge in [0.15, 0.2) is 0 Å². The molecule has 0 fully saturated rings.